The third-order valence-electron chi connectivity index (χ3n) is 7.50. The predicted octanol–water partition coefficient (Wildman–Crippen LogP) is 8.52. The topological polar surface area (TPSA) is 87.9 Å². The van der Waals surface area contributed by atoms with Gasteiger partial charge in [0.1, 0.15) is 0 Å². The molecule has 6 heteroatoms. The Morgan fingerprint density at radius 2 is 0.884 bits per heavy atom. The summed E-state index contributed by atoms with van der Waals surface area (Å²) in [4.78, 5) is 10.1. The largest absolute Gasteiger partial charge is 0.399 e. The van der Waals surface area contributed by atoms with Gasteiger partial charge in [0.2, 0.25) is 0 Å². The van der Waals surface area contributed by atoms with E-state index in [-0.39, 0.29) is 0 Å². The number of nitrogens with two attached hydrogens (primary N) is 1. The fraction of sp³-hybridized carbons (Fsp3) is 0.0811. The summed E-state index contributed by atoms with van der Waals surface area (Å²) in [5, 5.41) is 9.72. The van der Waals surface area contributed by atoms with E-state index >= 15 is 0 Å². The van der Waals surface area contributed by atoms with Gasteiger partial charge >= 0.3 is 0 Å². The summed E-state index contributed by atoms with van der Waals surface area (Å²) in [6.45, 7) is 0. The molecule has 6 nitrogen and oxygen atoms in total. The minimum absolute atomic E-state index is 0.681. The van der Waals surface area contributed by atoms with Gasteiger partial charge in [-0.05, 0) is 76.9 Å². The first-order valence-corrected chi connectivity index (χ1v) is 14.3. The van der Waals surface area contributed by atoms with E-state index in [0.29, 0.717) is 11.5 Å². The maximum Gasteiger partial charge on any atom is 0.160 e. The lowest BCUT2D eigenvalue weighted by molar-refractivity contribution is 1.18. The molecule has 5 N–H and O–H groups in total. The maximum absolute atomic E-state index is 6.21. The molecule has 0 unspecified atom stereocenters. The number of nitrogen functional groups attached to an aromatic ring is 1. The Balaban J connectivity index is 1.48. The number of benzene rings is 5. The highest BCUT2D eigenvalue weighted by Crippen LogP contribution is 2.34. The Labute approximate surface area is 252 Å². The highest BCUT2D eigenvalue weighted by Gasteiger charge is 2.13. The van der Waals surface area contributed by atoms with Crippen molar-refractivity contribution in [1.82, 2.24) is 9.97 Å². The van der Waals surface area contributed by atoms with Gasteiger partial charge in [0.05, 0.1) is 11.4 Å². The van der Waals surface area contributed by atoms with Crippen LogP contribution in [0.25, 0.3) is 56.2 Å². The molecule has 0 bridgehead atoms. The van der Waals surface area contributed by atoms with Gasteiger partial charge < -0.3 is 21.7 Å². The van der Waals surface area contributed by atoms with Gasteiger partial charge in [-0.25, -0.2) is 9.97 Å². The number of rotatable bonds is 8. The average Bonchev–Trinajstić information content (AvgIpc) is 3.08. The van der Waals surface area contributed by atoms with E-state index in [0.717, 1.165) is 67.4 Å². The molecule has 0 atom stereocenters. The lowest BCUT2D eigenvalue weighted by Crippen LogP contribution is -1.97. The van der Waals surface area contributed by atoms with Gasteiger partial charge in [0.15, 0.2) is 5.82 Å². The first kappa shape index (κ1) is 27.5. The van der Waals surface area contributed by atoms with E-state index < -0.39 is 0 Å². The highest BCUT2D eigenvalue weighted by atomic mass is 14.9. The molecule has 0 saturated heterocycles. The van der Waals surface area contributed by atoms with E-state index in [2.05, 4.69) is 94.8 Å². The fourth-order valence-electron chi connectivity index (χ4n) is 5.22. The third kappa shape index (κ3) is 6.04. The van der Waals surface area contributed by atoms with Crippen molar-refractivity contribution in [3.8, 4) is 56.2 Å². The van der Waals surface area contributed by atoms with Crippen LogP contribution in [0.5, 0.6) is 0 Å². The zero-order valence-corrected chi connectivity index (χ0v) is 24.5. The van der Waals surface area contributed by atoms with Gasteiger partial charge in [0.25, 0.3) is 0 Å². The van der Waals surface area contributed by atoms with Crippen molar-refractivity contribution < 1.29 is 0 Å². The molecule has 0 aliphatic rings. The lowest BCUT2D eigenvalue weighted by Gasteiger charge is -2.13. The van der Waals surface area contributed by atoms with Crippen LogP contribution in [-0.4, -0.2) is 31.1 Å². The second-order valence-corrected chi connectivity index (χ2v) is 10.4. The van der Waals surface area contributed by atoms with Crippen molar-refractivity contribution in [2.75, 3.05) is 42.8 Å². The van der Waals surface area contributed by atoms with E-state index in [4.69, 9.17) is 15.7 Å². The Morgan fingerprint density at radius 1 is 0.419 bits per heavy atom. The lowest BCUT2D eigenvalue weighted by atomic mass is 9.98. The minimum Gasteiger partial charge on any atom is -0.399 e. The fourth-order valence-corrected chi connectivity index (χ4v) is 5.22. The van der Waals surface area contributed by atoms with Crippen molar-refractivity contribution in [1.29, 1.82) is 0 Å². The molecule has 1 heterocycles. The van der Waals surface area contributed by atoms with Crippen molar-refractivity contribution in [2.24, 2.45) is 0 Å². The van der Waals surface area contributed by atoms with Crippen LogP contribution in [0.1, 0.15) is 0 Å². The first-order chi connectivity index (χ1) is 21.0. The van der Waals surface area contributed by atoms with Gasteiger partial charge in [-0.15, -0.1) is 0 Å². The Bertz CT molecular complexity index is 1880. The van der Waals surface area contributed by atoms with Crippen LogP contribution in [0.15, 0.2) is 121 Å². The number of anilines is 4. The molecule has 0 fully saturated rings. The van der Waals surface area contributed by atoms with E-state index in [9.17, 15) is 0 Å². The molecule has 212 valence electrons. The predicted molar refractivity (Wildman–Crippen MR) is 182 cm³/mol. The quantitative estimate of drug-likeness (QED) is 0.139. The van der Waals surface area contributed by atoms with Crippen LogP contribution < -0.4 is 21.7 Å². The number of nitrogens with zero attached hydrogens (tertiary/aromatic N) is 2. The standard InChI is InChI=1S/C37H34N6/c1-39-32-18-29(17-31(38)21-32)25-11-7-13-27(15-25)35-23-36(43-37(42-35)24-9-5-4-6-10-24)28-14-8-12-26(16-28)30-19-33(40-2)22-34(20-30)41-3/h4-23,39-41H,38H2,1-3H3. The summed E-state index contributed by atoms with van der Waals surface area (Å²) in [6.07, 6.45) is 0. The Kier molecular flexibility index (Phi) is 7.74. The first-order valence-electron chi connectivity index (χ1n) is 14.3. The Morgan fingerprint density at radius 3 is 1.42 bits per heavy atom. The summed E-state index contributed by atoms with van der Waals surface area (Å²) in [5.74, 6) is 0.681. The molecule has 0 spiro atoms. The second-order valence-electron chi connectivity index (χ2n) is 10.4. The van der Waals surface area contributed by atoms with Crippen molar-refractivity contribution in [3.63, 3.8) is 0 Å². The zero-order chi connectivity index (χ0) is 29.8. The summed E-state index contributed by atoms with van der Waals surface area (Å²) in [7, 11) is 5.77. The molecular weight excluding hydrogens is 528 g/mol. The normalized spacial score (nSPS) is 10.8. The van der Waals surface area contributed by atoms with Gasteiger partial charge in [-0.2, -0.15) is 0 Å². The molecule has 0 saturated carbocycles. The average molecular weight is 563 g/mol. The van der Waals surface area contributed by atoms with Crippen molar-refractivity contribution in [2.45, 2.75) is 0 Å². The third-order valence-corrected chi connectivity index (χ3v) is 7.50. The van der Waals surface area contributed by atoms with E-state index in [1.165, 1.54) is 0 Å². The summed E-state index contributed by atoms with van der Waals surface area (Å²) in [5.41, 5.74) is 19.0. The van der Waals surface area contributed by atoms with Crippen LogP contribution in [0.3, 0.4) is 0 Å². The summed E-state index contributed by atoms with van der Waals surface area (Å²) in [6, 6.07) is 41.5. The van der Waals surface area contributed by atoms with Crippen LogP contribution >= 0.6 is 0 Å². The van der Waals surface area contributed by atoms with Gasteiger partial charge in [-0.3, -0.25) is 0 Å². The smallest absolute Gasteiger partial charge is 0.160 e. The molecule has 5 aromatic carbocycles. The molecule has 0 aliphatic heterocycles. The van der Waals surface area contributed by atoms with E-state index in [1.54, 1.807) is 0 Å². The van der Waals surface area contributed by atoms with Gasteiger partial charge in [-0.1, -0.05) is 66.7 Å². The van der Waals surface area contributed by atoms with Crippen molar-refractivity contribution in [3.05, 3.63) is 121 Å². The van der Waals surface area contributed by atoms with Crippen molar-refractivity contribution >= 4 is 22.7 Å². The maximum atomic E-state index is 6.21. The van der Waals surface area contributed by atoms with E-state index in [1.807, 2.05) is 63.6 Å². The molecule has 1 aromatic heterocycles. The number of nitrogens with one attached hydrogen (secondary N) is 3. The van der Waals surface area contributed by atoms with Crippen LogP contribution in [0, 0.1) is 0 Å². The number of aromatic nitrogens is 2. The molecule has 6 aromatic rings. The second kappa shape index (κ2) is 12.1. The molecular formula is C37H34N6. The van der Waals surface area contributed by atoms with Crippen LogP contribution in [0.4, 0.5) is 22.7 Å². The monoisotopic (exact) mass is 562 g/mol. The minimum atomic E-state index is 0.681. The summed E-state index contributed by atoms with van der Waals surface area (Å²) < 4.78 is 0. The SMILES string of the molecule is CNc1cc(N)cc(-c2cccc(-c3cc(-c4cccc(-c5cc(NC)cc(NC)c5)c4)nc(-c4ccccc4)n3)c2)c1. The highest BCUT2D eigenvalue weighted by molar-refractivity contribution is 5.81. The molecule has 0 aliphatic carbocycles. The molecule has 43 heavy (non-hydrogen) atoms. The molecule has 6 rings (SSSR count). The Hall–Kier alpha value is -5.62. The van der Waals surface area contributed by atoms with Crippen LogP contribution in [-0.2, 0) is 0 Å². The molecule has 0 amide bonds. The number of hydrogen-bond acceptors (Lipinski definition) is 6. The molecule has 0 radical (unpaired) electrons. The van der Waals surface area contributed by atoms with Crippen LogP contribution in [0.2, 0.25) is 0 Å². The zero-order valence-electron chi connectivity index (χ0n) is 24.5. The van der Waals surface area contributed by atoms with Gasteiger partial charge in [0, 0.05) is 60.6 Å². The summed E-state index contributed by atoms with van der Waals surface area (Å²) >= 11 is 0. The number of hydrogen-bond donors (Lipinski definition) is 4.